The maximum atomic E-state index is 5.78. The van der Waals surface area contributed by atoms with Gasteiger partial charge in [0.15, 0.2) is 0 Å². The van der Waals surface area contributed by atoms with Gasteiger partial charge in [-0.2, -0.15) is 0 Å². The van der Waals surface area contributed by atoms with E-state index in [-0.39, 0.29) is 0 Å². The van der Waals surface area contributed by atoms with Crippen LogP contribution in [0.1, 0.15) is 0 Å². The molecule has 2 aromatic carbocycles. The number of ether oxygens (including phenoxy) is 1. The maximum Gasteiger partial charge on any atom is 0.119 e. The first kappa shape index (κ1) is 13.2. The van der Waals surface area contributed by atoms with Gasteiger partial charge in [0.2, 0.25) is 0 Å². The Morgan fingerprint density at radius 1 is 1.05 bits per heavy atom. The van der Waals surface area contributed by atoms with E-state index in [0.29, 0.717) is 6.61 Å². The summed E-state index contributed by atoms with van der Waals surface area (Å²) in [6, 6.07) is 17.5. The topological polar surface area (TPSA) is 60.2 Å². The van der Waals surface area contributed by atoms with Crippen LogP contribution in [0.3, 0.4) is 0 Å². The monoisotopic (exact) mass is 279 g/mol. The van der Waals surface area contributed by atoms with Gasteiger partial charge >= 0.3 is 0 Å². The highest BCUT2D eigenvalue weighted by atomic mass is 16.5. The molecule has 0 amide bonds. The van der Waals surface area contributed by atoms with Crippen LogP contribution in [0.2, 0.25) is 0 Å². The van der Waals surface area contributed by atoms with Crippen molar-refractivity contribution in [3.63, 3.8) is 0 Å². The van der Waals surface area contributed by atoms with Gasteiger partial charge in [0, 0.05) is 29.5 Å². The van der Waals surface area contributed by atoms with E-state index in [1.165, 1.54) is 0 Å². The minimum atomic E-state index is 0.600. The van der Waals surface area contributed by atoms with E-state index in [9.17, 15) is 0 Å². The molecule has 21 heavy (non-hydrogen) atoms. The number of nitrogens with zero attached hydrogens (tertiary/aromatic N) is 1. The van der Waals surface area contributed by atoms with Crippen molar-refractivity contribution in [1.29, 1.82) is 0 Å². The van der Waals surface area contributed by atoms with Crippen LogP contribution in [0.5, 0.6) is 5.75 Å². The van der Waals surface area contributed by atoms with Crippen LogP contribution in [0.15, 0.2) is 60.8 Å². The first-order valence-electron chi connectivity index (χ1n) is 6.89. The second-order valence-electron chi connectivity index (χ2n) is 4.72. The van der Waals surface area contributed by atoms with E-state index >= 15 is 0 Å². The standard InChI is InChI=1S/C17H17N3O/c18-13-6-7-15-16(8-9-19-17(15)12-13)20-10-11-21-14-4-2-1-3-5-14/h1-9,12H,10-11,18H2,(H,19,20). The Morgan fingerprint density at radius 2 is 1.90 bits per heavy atom. The number of benzene rings is 2. The second kappa shape index (κ2) is 6.13. The molecular formula is C17H17N3O. The van der Waals surface area contributed by atoms with Crippen molar-refractivity contribution in [1.82, 2.24) is 4.98 Å². The van der Waals surface area contributed by atoms with E-state index < -0.39 is 0 Å². The van der Waals surface area contributed by atoms with Crippen LogP contribution in [0.4, 0.5) is 11.4 Å². The van der Waals surface area contributed by atoms with Gasteiger partial charge in [-0.15, -0.1) is 0 Å². The van der Waals surface area contributed by atoms with E-state index in [4.69, 9.17) is 10.5 Å². The summed E-state index contributed by atoms with van der Waals surface area (Å²) in [7, 11) is 0. The highest BCUT2D eigenvalue weighted by molar-refractivity contribution is 5.92. The van der Waals surface area contributed by atoms with Gasteiger partial charge in [0.25, 0.3) is 0 Å². The molecule has 0 aliphatic carbocycles. The van der Waals surface area contributed by atoms with Crippen LogP contribution in [0, 0.1) is 0 Å². The molecule has 0 saturated heterocycles. The van der Waals surface area contributed by atoms with Gasteiger partial charge in [-0.25, -0.2) is 0 Å². The number of anilines is 2. The number of pyridine rings is 1. The molecule has 106 valence electrons. The quantitative estimate of drug-likeness (QED) is 0.555. The van der Waals surface area contributed by atoms with Gasteiger partial charge in [0.05, 0.1) is 5.52 Å². The van der Waals surface area contributed by atoms with E-state index in [1.54, 1.807) is 6.20 Å². The maximum absolute atomic E-state index is 5.78. The van der Waals surface area contributed by atoms with Crippen molar-refractivity contribution < 1.29 is 4.74 Å². The molecule has 0 fully saturated rings. The first-order valence-corrected chi connectivity index (χ1v) is 6.89. The van der Waals surface area contributed by atoms with Gasteiger partial charge in [0.1, 0.15) is 12.4 Å². The molecule has 0 aliphatic heterocycles. The number of aromatic nitrogens is 1. The fraction of sp³-hybridized carbons (Fsp3) is 0.118. The number of para-hydroxylation sites is 1. The Morgan fingerprint density at radius 3 is 2.76 bits per heavy atom. The van der Waals surface area contributed by atoms with Crippen LogP contribution in [-0.4, -0.2) is 18.1 Å². The largest absolute Gasteiger partial charge is 0.492 e. The summed E-state index contributed by atoms with van der Waals surface area (Å²) in [6.45, 7) is 1.32. The normalized spacial score (nSPS) is 10.5. The molecule has 0 unspecified atom stereocenters. The van der Waals surface area contributed by atoms with Crippen LogP contribution in [-0.2, 0) is 0 Å². The molecule has 4 heteroatoms. The third-order valence-electron chi connectivity index (χ3n) is 3.20. The lowest BCUT2D eigenvalue weighted by Gasteiger charge is -2.10. The predicted octanol–water partition coefficient (Wildman–Crippen LogP) is 3.31. The van der Waals surface area contributed by atoms with Crippen LogP contribution >= 0.6 is 0 Å². The Bertz CT molecular complexity index is 728. The zero-order chi connectivity index (χ0) is 14.5. The average molecular weight is 279 g/mol. The summed E-state index contributed by atoms with van der Waals surface area (Å²) < 4.78 is 5.66. The number of rotatable bonds is 5. The Balaban J connectivity index is 1.63. The highest BCUT2D eigenvalue weighted by Crippen LogP contribution is 2.23. The number of hydrogen-bond donors (Lipinski definition) is 2. The molecule has 3 rings (SSSR count). The molecule has 0 spiro atoms. The molecular weight excluding hydrogens is 262 g/mol. The molecule has 3 N–H and O–H groups in total. The molecule has 0 saturated carbocycles. The molecule has 0 radical (unpaired) electrons. The Hall–Kier alpha value is -2.75. The lowest BCUT2D eigenvalue weighted by molar-refractivity contribution is 0.333. The van der Waals surface area contributed by atoms with Crippen molar-refractivity contribution in [3.05, 3.63) is 60.8 Å². The zero-order valence-corrected chi connectivity index (χ0v) is 11.6. The summed E-state index contributed by atoms with van der Waals surface area (Å²) in [5.41, 5.74) is 8.43. The van der Waals surface area contributed by atoms with Crippen molar-refractivity contribution in [2.24, 2.45) is 0 Å². The number of nitrogens with one attached hydrogen (secondary N) is 1. The predicted molar refractivity (Wildman–Crippen MR) is 86.6 cm³/mol. The summed E-state index contributed by atoms with van der Waals surface area (Å²) >= 11 is 0. The lowest BCUT2D eigenvalue weighted by atomic mass is 10.1. The van der Waals surface area contributed by atoms with Crippen LogP contribution < -0.4 is 15.8 Å². The fourth-order valence-electron chi connectivity index (χ4n) is 2.19. The van der Waals surface area contributed by atoms with E-state index in [0.717, 1.165) is 34.6 Å². The van der Waals surface area contributed by atoms with Crippen molar-refractivity contribution in [3.8, 4) is 5.75 Å². The fourth-order valence-corrected chi connectivity index (χ4v) is 2.19. The van der Waals surface area contributed by atoms with Gasteiger partial charge in [-0.3, -0.25) is 4.98 Å². The number of nitrogens with two attached hydrogens (primary N) is 1. The first-order chi connectivity index (χ1) is 10.3. The number of hydrogen-bond acceptors (Lipinski definition) is 4. The molecule has 1 aromatic heterocycles. The third kappa shape index (κ3) is 3.23. The number of nitrogen functional groups attached to an aromatic ring is 1. The average Bonchev–Trinajstić information content (AvgIpc) is 2.52. The van der Waals surface area contributed by atoms with Crippen molar-refractivity contribution in [2.75, 3.05) is 24.2 Å². The molecule has 4 nitrogen and oxygen atoms in total. The minimum absolute atomic E-state index is 0.600. The zero-order valence-electron chi connectivity index (χ0n) is 11.6. The Kier molecular flexibility index (Phi) is 3.87. The lowest BCUT2D eigenvalue weighted by Crippen LogP contribution is -2.11. The molecule has 0 atom stereocenters. The van der Waals surface area contributed by atoms with Gasteiger partial charge in [-0.1, -0.05) is 18.2 Å². The van der Waals surface area contributed by atoms with E-state index in [2.05, 4.69) is 10.3 Å². The summed E-state index contributed by atoms with van der Waals surface area (Å²) in [5, 5.41) is 4.43. The molecule has 1 heterocycles. The van der Waals surface area contributed by atoms with Gasteiger partial charge in [-0.05, 0) is 36.4 Å². The van der Waals surface area contributed by atoms with Crippen molar-refractivity contribution >= 4 is 22.3 Å². The third-order valence-corrected chi connectivity index (χ3v) is 3.20. The molecule has 3 aromatic rings. The van der Waals surface area contributed by atoms with Gasteiger partial charge < -0.3 is 15.8 Å². The minimum Gasteiger partial charge on any atom is -0.492 e. The summed E-state index contributed by atoms with van der Waals surface area (Å²) in [5.74, 6) is 0.881. The van der Waals surface area contributed by atoms with Crippen molar-refractivity contribution in [2.45, 2.75) is 0 Å². The summed E-state index contributed by atoms with van der Waals surface area (Å²) in [6.07, 6.45) is 1.78. The van der Waals surface area contributed by atoms with E-state index in [1.807, 2.05) is 54.6 Å². The molecule has 0 aliphatic rings. The smallest absolute Gasteiger partial charge is 0.119 e. The summed E-state index contributed by atoms with van der Waals surface area (Å²) in [4.78, 5) is 4.33. The highest BCUT2D eigenvalue weighted by Gasteiger charge is 2.01. The molecule has 0 bridgehead atoms. The second-order valence-corrected chi connectivity index (χ2v) is 4.72. The Labute approximate surface area is 123 Å². The van der Waals surface area contributed by atoms with Crippen LogP contribution in [0.25, 0.3) is 10.9 Å². The number of fused-ring (bicyclic) bond motifs is 1. The SMILES string of the molecule is Nc1ccc2c(NCCOc3ccccc3)ccnc2c1.